The van der Waals surface area contributed by atoms with Gasteiger partial charge in [0.05, 0.1) is 7.11 Å². The van der Waals surface area contributed by atoms with Crippen LogP contribution >= 0.6 is 11.3 Å². The van der Waals surface area contributed by atoms with Crippen molar-refractivity contribution >= 4 is 22.4 Å². The minimum absolute atomic E-state index is 0.361. The number of hydrogen-bond donors (Lipinski definition) is 1. The van der Waals surface area contributed by atoms with Crippen LogP contribution in [0.25, 0.3) is 0 Å². The van der Waals surface area contributed by atoms with Crippen molar-refractivity contribution in [2.45, 2.75) is 26.3 Å². The minimum atomic E-state index is -0.361. The van der Waals surface area contributed by atoms with E-state index in [-0.39, 0.29) is 5.97 Å². The van der Waals surface area contributed by atoms with Gasteiger partial charge < -0.3 is 10.1 Å². The Bertz CT molecular complexity index is 389. The summed E-state index contributed by atoms with van der Waals surface area (Å²) in [5, 5.41) is 4.13. The van der Waals surface area contributed by atoms with Crippen molar-refractivity contribution in [1.29, 1.82) is 0 Å². The van der Waals surface area contributed by atoms with Crippen LogP contribution in [-0.2, 0) is 4.74 Å². The highest BCUT2D eigenvalue weighted by molar-refractivity contribution is 7.15. The summed E-state index contributed by atoms with van der Waals surface area (Å²) in [6.07, 6.45) is 1.19. The van der Waals surface area contributed by atoms with Crippen LogP contribution in [0.3, 0.4) is 0 Å². The normalized spacial score (nSPS) is 23.7. The summed E-state index contributed by atoms with van der Waals surface area (Å²) in [7, 11) is 1.37. The third kappa shape index (κ3) is 2.12. The summed E-state index contributed by atoms with van der Waals surface area (Å²) in [5.41, 5.74) is 0.429. The zero-order valence-corrected chi connectivity index (χ0v) is 9.85. The molecule has 1 heterocycles. The number of carbonyl (C=O) groups excluding carboxylic acids is 1. The number of carbonyl (C=O) groups is 1. The highest BCUT2D eigenvalue weighted by Gasteiger charge is 2.33. The minimum Gasteiger partial charge on any atom is -0.464 e. The largest absolute Gasteiger partial charge is 0.464 e. The van der Waals surface area contributed by atoms with Crippen molar-refractivity contribution in [3.05, 3.63) is 10.6 Å². The van der Waals surface area contributed by atoms with Crippen LogP contribution in [0.15, 0.2) is 0 Å². The van der Waals surface area contributed by atoms with Crippen LogP contribution in [0.5, 0.6) is 0 Å². The third-order valence-electron chi connectivity index (χ3n) is 2.59. The van der Waals surface area contributed by atoms with E-state index in [1.165, 1.54) is 24.9 Å². The quantitative estimate of drug-likeness (QED) is 0.801. The maximum Gasteiger partial charge on any atom is 0.357 e. The van der Waals surface area contributed by atoms with E-state index in [0.29, 0.717) is 11.7 Å². The number of esters is 1. The molecule has 0 radical (unpaired) electrons. The molecule has 15 heavy (non-hydrogen) atoms. The van der Waals surface area contributed by atoms with Crippen molar-refractivity contribution in [3.8, 4) is 0 Å². The molecule has 1 aliphatic carbocycles. The van der Waals surface area contributed by atoms with Gasteiger partial charge in [-0.3, -0.25) is 0 Å². The molecule has 1 saturated carbocycles. The van der Waals surface area contributed by atoms with Crippen LogP contribution < -0.4 is 5.32 Å². The number of hydrogen-bond acceptors (Lipinski definition) is 5. The van der Waals surface area contributed by atoms with Gasteiger partial charge in [-0.15, -0.1) is 11.3 Å². The molecule has 0 bridgehead atoms. The first-order valence-electron chi connectivity index (χ1n) is 4.94. The fourth-order valence-electron chi connectivity index (χ4n) is 1.43. The first kappa shape index (κ1) is 10.4. The van der Waals surface area contributed by atoms with Gasteiger partial charge in [0.1, 0.15) is 0 Å². The number of thiazole rings is 1. The molecular weight excluding hydrogens is 212 g/mol. The van der Waals surface area contributed by atoms with Gasteiger partial charge in [0.25, 0.3) is 0 Å². The van der Waals surface area contributed by atoms with Gasteiger partial charge in [-0.25, -0.2) is 9.78 Å². The molecular formula is C10H14N2O2S. The fourth-order valence-corrected chi connectivity index (χ4v) is 2.29. The predicted molar refractivity (Wildman–Crippen MR) is 59.4 cm³/mol. The number of nitrogens with zero attached hydrogens (tertiary/aromatic N) is 1. The zero-order valence-electron chi connectivity index (χ0n) is 9.03. The molecule has 1 N–H and O–H groups in total. The van der Waals surface area contributed by atoms with E-state index in [1.807, 2.05) is 6.92 Å². The predicted octanol–water partition coefficient (Wildman–Crippen LogP) is 2.06. The SMILES string of the molecule is COC(=O)c1nc(NC2CC2C)sc1C. The molecule has 82 valence electrons. The van der Waals surface area contributed by atoms with Crippen LogP contribution in [0, 0.1) is 12.8 Å². The van der Waals surface area contributed by atoms with Crippen molar-refractivity contribution in [3.63, 3.8) is 0 Å². The highest BCUT2D eigenvalue weighted by atomic mass is 32.1. The lowest BCUT2D eigenvalue weighted by molar-refractivity contribution is 0.0594. The van der Waals surface area contributed by atoms with Gasteiger partial charge in [-0.2, -0.15) is 0 Å². The highest BCUT2D eigenvalue weighted by Crippen LogP contribution is 2.34. The molecule has 0 saturated heterocycles. The molecule has 4 nitrogen and oxygen atoms in total. The maximum atomic E-state index is 11.3. The average Bonchev–Trinajstić information content (AvgIpc) is 2.74. The number of methoxy groups -OCH3 is 1. The molecule has 2 rings (SSSR count). The molecule has 1 aromatic rings. The Hall–Kier alpha value is -1.10. The Kier molecular flexibility index (Phi) is 2.65. The number of aryl methyl sites for hydroxylation is 1. The summed E-state index contributed by atoms with van der Waals surface area (Å²) >= 11 is 1.51. The Morgan fingerprint density at radius 1 is 1.67 bits per heavy atom. The summed E-state index contributed by atoms with van der Waals surface area (Å²) in [5.74, 6) is 0.358. The molecule has 0 aromatic carbocycles. The number of anilines is 1. The summed E-state index contributed by atoms with van der Waals surface area (Å²) < 4.78 is 4.65. The van der Waals surface area contributed by atoms with E-state index in [9.17, 15) is 4.79 Å². The van der Waals surface area contributed by atoms with Crippen molar-refractivity contribution < 1.29 is 9.53 Å². The van der Waals surface area contributed by atoms with E-state index in [1.54, 1.807) is 0 Å². The van der Waals surface area contributed by atoms with E-state index < -0.39 is 0 Å². The second-order valence-corrected chi connectivity index (χ2v) is 5.08. The van der Waals surface area contributed by atoms with E-state index >= 15 is 0 Å². The molecule has 5 heteroatoms. The number of rotatable bonds is 3. The van der Waals surface area contributed by atoms with Crippen LogP contribution in [0.4, 0.5) is 5.13 Å². The summed E-state index contributed by atoms with van der Waals surface area (Å²) in [6, 6.07) is 0.529. The lowest BCUT2D eigenvalue weighted by atomic mass is 10.4. The third-order valence-corrected chi connectivity index (χ3v) is 3.50. The first-order chi connectivity index (χ1) is 7.11. The Labute approximate surface area is 92.7 Å². The van der Waals surface area contributed by atoms with E-state index in [2.05, 4.69) is 22.0 Å². The molecule has 0 amide bonds. The molecule has 2 unspecified atom stereocenters. The maximum absolute atomic E-state index is 11.3. The number of ether oxygens (including phenoxy) is 1. The van der Waals surface area contributed by atoms with Gasteiger partial charge in [0, 0.05) is 10.9 Å². The average molecular weight is 226 g/mol. The lowest BCUT2D eigenvalue weighted by Gasteiger charge is -1.97. The number of nitrogens with one attached hydrogen (secondary N) is 1. The van der Waals surface area contributed by atoms with Gasteiger partial charge in [0.15, 0.2) is 10.8 Å². The smallest absolute Gasteiger partial charge is 0.357 e. The fraction of sp³-hybridized carbons (Fsp3) is 0.600. The number of aromatic nitrogens is 1. The van der Waals surface area contributed by atoms with Gasteiger partial charge in [-0.05, 0) is 19.3 Å². The molecule has 2 atom stereocenters. The van der Waals surface area contributed by atoms with E-state index in [0.717, 1.165) is 15.9 Å². The Morgan fingerprint density at radius 2 is 2.33 bits per heavy atom. The zero-order chi connectivity index (χ0) is 11.0. The van der Waals surface area contributed by atoms with Gasteiger partial charge in [-0.1, -0.05) is 6.92 Å². The van der Waals surface area contributed by atoms with Crippen molar-refractivity contribution in [2.75, 3.05) is 12.4 Å². The Morgan fingerprint density at radius 3 is 2.87 bits per heavy atom. The standard InChI is InChI=1S/C10H14N2O2S/c1-5-4-7(5)11-10-12-8(6(2)15-10)9(13)14-3/h5,7H,4H2,1-3H3,(H,11,12). The second kappa shape index (κ2) is 3.81. The summed E-state index contributed by atoms with van der Waals surface area (Å²) in [6.45, 7) is 4.07. The first-order valence-corrected chi connectivity index (χ1v) is 5.75. The van der Waals surface area contributed by atoms with Gasteiger partial charge in [0.2, 0.25) is 0 Å². The monoisotopic (exact) mass is 226 g/mol. The van der Waals surface area contributed by atoms with E-state index in [4.69, 9.17) is 0 Å². The lowest BCUT2D eigenvalue weighted by Crippen LogP contribution is -2.06. The molecule has 1 aromatic heterocycles. The van der Waals surface area contributed by atoms with Crippen molar-refractivity contribution in [2.24, 2.45) is 5.92 Å². The topological polar surface area (TPSA) is 51.2 Å². The molecule has 1 aliphatic rings. The van der Waals surface area contributed by atoms with Crippen LogP contribution in [0.1, 0.15) is 28.7 Å². The molecule has 0 spiro atoms. The van der Waals surface area contributed by atoms with Crippen LogP contribution in [0.2, 0.25) is 0 Å². The molecule has 0 aliphatic heterocycles. The summed E-state index contributed by atoms with van der Waals surface area (Å²) in [4.78, 5) is 16.4. The van der Waals surface area contributed by atoms with Gasteiger partial charge >= 0.3 is 5.97 Å². The second-order valence-electron chi connectivity index (χ2n) is 3.88. The molecule has 1 fully saturated rings. The van der Waals surface area contributed by atoms with Crippen molar-refractivity contribution in [1.82, 2.24) is 4.98 Å². The van der Waals surface area contributed by atoms with Crippen LogP contribution in [-0.4, -0.2) is 24.1 Å². The Balaban J connectivity index is 2.10.